The quantitative estimate of drug-likeness (QED) is 0.831. The Hall–Kier alpha value is -1.58. The van der Waals surface area contributed by atoms with Crippen LogP contribution < -0.4 is 4.74 Å². The average molecular weight is 305 g/mol. The van der Waals surface area contributed by atoms with Gasteiger partial charge in [0, 0.05) is 19.0 Å². The number of nitrogens with zero attached hydrogens (tertiary/aromatic N) is 1. The van der Waals surface area contributed by atoms with E-state index < -0.39 is 0 Å². The Morgan fingerprint density at radius 2 is 1.82 bits per heavy atom. The van der Waals surface area contributed by atoms with Gasteiger partial charge in [-0.1, -0.05) is 6.42 Å². The van der Waals surface area contributed by atoms with E-state index in [1.165, 1.54) is 18.6 Å². The number of benzene rings is 1. The van der Waals surface area contributed by atoms with Crippen LogP contribution in [0, 0.1) is 17.7 Å². The first-order valence-corrected chi connectivity index (χ1v) is 8.39. The molecule has 1 saturated heterocycles. The van der Waals surface area contributed by atoms with Crippen LogP contribution in [0.3, 0.4) is 0 Å². The largest absolute Gasteiger partial charge is 0.494 e. The minimum Gasteiger partial charge on any atom is -0.494 e. The Morgan fingerprint density at radius 1 is 1.14 bits per heavy atom. The van der Waals surface area contributed by atoms with E-state index in [-0.39, 0.29) is 5.82 Å². The molecule has 0 atom stereocenters. The van der Waals surface area contributed by atoms with Crippen LogP contribution in [0.1, 0.15) is 38.5 Å². The molecule has 0 unspecified atom stereocenters. The van der Waals surface area contributed by atoms with Gasteiger partial charge in [-0.25, -0.2) is 4.39 Å². The molecule has 2 fully saturated rings. The summed E-state index contributed by atoms with van der Waals surface area (Å²) in [7, 11) is 0. The van der Waals surface area contributed by atoms with E-state index in [9.17, 15) is 9.18 Å². The van der Waals surface area contributed by atoms with Crippen LogP contribution in [0.25, 0.3) is 0 Å². The van der Waals surface area contributed by atoms with Crippen molar-refractivity contribution in [3.63, 3.8) is 0 Å². The van der Waals surface area contributed by atoms with E-state index in [2.05, 4.69) is 4.90 Å². The first-order chi connectivity index (χ1) is 10.7. The first kappa shape index (κ1) is 15.3. The zero-order valence-corrected chi connectivity index (χ0v) is 13.0. The summed E-state index contributed by atoms with van der Waals surface area (Å²) in [4.78, 5) is 14.2. The lowest BCUT2D eigenvalue weighted by Crippen LogP contribution is -2.43. The molecule has 1 aliphatic heterocycles. The molecule has 22 heavy (non-hydrogen) atoms. The number of hydrogen-bond donors (Lipinski definition) is 0. The third-order valence-corrected chi connectivity index (χ3v) is 4.99. The van der Waals surface area contributed by atoms with Gasteiger partial charge in [0.15, 0.2) is 0 Å². The molecule has 1 aromatic rings. The minimum absolute atomic E-state index is 0.240. The van der Waals surface area contributed by atoms with Crippen molar-refractivity contribution >= 4 is 5.91 Å². The molecule has 1 heterocycles. The molecule has 3 rings (SSSR count). The maximum atomic E-state index is 12.8. The summed E-state index contributed by atoms with van der Waals surface area (Å²) in [5.74, 6) is 1.81. The number of likely N-dealkylation sites (tertiary alicyclic amines) is 1. The third kappa shape index (κ3) is 3.79. The van der Waals surface area contributed by atoms with Crippen LogP contribution in [0.2, 0.25) is 0 Å². The summed E-state index contributed by atoms with van der Waals surface area (Å²) < 4.78 is 18.5. The standard InChI is InChI=1S/C18H24FNO2/c19-16-4-6-17(7-5-16)22-13-10-14-8-11-20(12-9-14)18(21)15-2-1-3-15/h4-7,14-15H,1-3,8-13H2. The van der Waals surface area contributed by atoms with Gasteiger partial charge in [0.05, 0.1) is 6.61 Å². The fraction of sp³-hybridized carbons (Fsp3) is 0.611. The van der Waals surface area contributed by atoms with Crippen molar-refractivity contribution in [2.24, 2.45) is 11.8 Å². The topological polar surface area (TPSA) is 29.5 Å². The Kier molecular flexibility index (Phi) is 4.96. The Bertz CT molecular complexity index is 490. The molecule has 0 N–H and O–H groups in total. The molecule has 2 aliphatic rings. The number of carbonyl (C=O) groups excluding carboxylic acids is 1. The maximum Gasteiger partial charge on any atom is 0.225 e. The fourth-order valence-electron chi connectivity index (χ4n) is 3.23. The van der Waals surface area contributed by atoms with Crippen molar-refractivity contribution in [2.45, 2.75) is 38.5 Å². The Morgan fingerprint density at radius 3 is 2.41 bits per heavy atom. The summed E-state index contributed by atoms with van der Waals surface area (Å²) in [6.07, 6.45) is 6.54. The maximum absolute atomic E-state index is 12.8. The van der Waals surface area contributed by atoms with Crippen molar-refractivity contribution in [2.75, 3.05) is 19.7 Å². The second kappa shape index (κ2) is 7.12. The van der Waals surface area contributed by atoms with E-state index in [1.54, 1.807) is 12.1 Å². The van der Waals surface area contributed by atoms with E-state index in [0.29, 0.717) is 24.3 Å². The molecule has 3 nitrogen and oxygen atoms in total. The molecule has 1 saturated carbocycles. The molecule has 0 bridgehead atoms. The molecule has 120 valence electrons. The number of halogens is 1. The number of ether oxygens (including phenoxy) is 1. The van der Waals surface area contributed by atoms with Crippen LogP contribution in [0.15, 0.2) is 24.3 Å². The van der Waals surface area contributed by atoms with Gasteiger partial charge in [0.2, 0.25) is 5.91 Å². The Labute approximate surface area is 131 Å². The first-order valence-electron chi connectivity index (χ1n) is 8.39. The normalized spacial score (nSPS) is 19.8. The van der Waals surface area contributed by atoms with Crippen LogP contribution in [0.4, 0.5) is 4.39 Å². The second-order valence-electron chi connectivity index (χ2n) is 6.49. The molecule has 0 spiro atoms. The van der Waals surface area contributed by atoms with Gasteiger partial charge in [-0.3, -0.25) is 4.79 Å². The van der Waals surface area contributed by atoms with Crippen molar-refractivity contribution in [1.29, 1.82) is 0 Å². The highest BCUT2D eigenvalue weighted by Crippen LogP contribution is 2.30. The zero-order valence-electron chi connectivity index (χ0n) is 13.0. The molecule has 0 aromatic heterocycles. The summed E-state index contributed by atoms with van der Waals surface area (Å²) in [5.41, 5.74) is 0. The van der Waals surface area contributed by atoms with Gasteiger partial charge >= 0.3 is 0 Å². The van der Waals surface area contributed by atoms with Crippen molar-refractivity contribution < 1.29 is 13.9 Å². The van der Waals surface area contributed by atoms with Crippen LogP contribution in [0.5, 0.6) is 5.75 Å². The number of piperidine rings is 1. The molecule has 0 radical (unpaired) electrons. The van der Waals surface area contributed by atoms with Gasteiger partial charge in [0.25, 0.3) is 0 Å². The number of rotatable bonds is 5. The van der Waals surface area contributed by atoms with Crippen molar-refractivity contribution in [1.82, 2.24) is 4.90 Å². The predicted molar refractivity (Wildman–Crippen MR) is 83.2 cm³/mol. The number of amides is 1. The lowest BCUT2D eigenvalue weighted by atomic mass is 9.83. The SMILES string of the molecule is O=C(C1CCC1)N1CCC(CCOc2ccc(F)cc2)CC1. The van der Waals surface area contributed by atoms with Gasteiger partial charge in [-0.05, 0) is 62.3 Å². The predicted octanol–water partition coefficient (Wildman–Crippen LogP) is 3.63. The molecular formula is C18H24FNO2. The summed E-state index contributed by atoms with van der Waals surface area (Å²) in [6.45, 7) is 2.46. The second-order valence-corrected chi connectivity index (χ2v) is 6.49. The minimum atomic E-state index is -0.240. The zero-order chi connectivity index (χ0) is 15.4. The van der Waals surface area contributed by atoms with Crippen molar-refractivity contribution in [3.05, 3.63) is 30.1 Å². The number of carbonyl (C=O) groups is 1. The van der Waals surface area contributed by atoms with Crippen LogP contribution in [-0.2, 0) is 4.79 Å². The average Bonchev–Trinajstić information content (AvgIpc) is 2.48. The van der Waals surface area contributed by atoms with E-state index in [4.69, 9.17) is 4.74 Å². The van der Waals surface area contributed by atoms with Crippen molar-refractivity contribution in [3.8, 4) is 5.75 Å². The molecule has 4 heteroatoms. The van der Waals surface area contributed by atoms with E-state index in [1.807, 2.05) is 0 Å². The summed E-state index contributed by atoms with van der Waals surface area (Å²) >= 11 is 0. The lowest BCUT2D eigenvalue weighted by molar-refractivity contribution is -0.139. The molecule has 1 aliphatic carbocycles. The van der Waals surface area contributed by atoms with Gasteiger partial charge in [0.1, 0.15) is 11.6 Å². The Balaban J connectivity index is 1.35. The van der Waals surface area contributed by atoms with Gasteiger partial charge in [-0.15, -0.1) is 0 Å². The monoisotopic (exact) mass is 305 g/mol. The van der Waals surface area contributed by atoms with E-state index >= 15 is 0 Å². The highest BCUT2D eigenvalue weighted by molar-refractivity contribution is 5.79. The van der Waals surface area contributed by atoms with Crippen LogP contribution >= 0.6 is 0 Å². The van der Waals surface area contributed by atoms with Gasteiger partial charge < -0.3 is 9.64 Å². The lowest BCUT2D eigenvalue weighted by Gasteiger charge is -2.36. The van der Waals surface area contributed by atoms with Gasteiger partial charge in [-0.2, -0.15) is 0 Å². The third-order valence-electron chi connectivity index (χ3n) is 4.99. The fourth-order valence-corrected chi connectivity index (χ4v) is 3.23. The molecule has 1 amide bonds. The smallest absolute Gasteiger partial charge is 0.225 e. The highest BCUT2D eigenvalue weighted by atomic mass is 19.1. The molecule has 1 aromatic carbocycles. The molecular weight excluding hydrogens is 281 g/mol. The summed E-state index contributed by atoms with van der Waals surface area (Å²) in [5, 5.41) is 0. The van der Waals surface area contributed by atoms with E-state index in [0.717, 1.165) is 50.9 Å². The highest BCUT2D eigenvalue weighted by Gasteiger charge is 2.31. The van der Waals surface area contributed by atoms with Crippen LogP contribution in [-0.4, -0.2) is 30.5 Å². The summed E-state index contributed by atoms with van der Waals surface area (Å²) in [6, 6.07) is 6.16. The number of hydrogen-bond acceptors (Lipinski definition) is 2.